The molecule has 2 N–H and O–H groups in total. The SMILES string of the molecule is O=C(O)Cn1cc(NS(=O)(=O)c2ccccc2Br)cn1. The molecule has 0 radical (unpaired) electrons. The molecule has 2 aromatic rings. The molecule has 0 spiro atoms. The van der Waals surface area contributed by atoms with Crippen LogP contribution in [0.25, 0.3) is 0 Å². The molecule has 1 heterocycles. The van der Waals surface area contributed by atoms with Crippen molar-refractivity contribution in [1.82, 2.24) is 9.78 Å². The second-order valence-electron chi connectivity index (χ2n) is 3.86. The summed E-state index contributed by atoms with van der Waals surface area (Å²) >= 11 is 3.17. The molecular weight excluding hydrogens is 350 g/mol. The summed E-state index contributed by atoms with van der Waals surface area (Å²) < 4.78 is 28.2. The van der Waals surface area contributed by atoms with Crippen LogP contribution in [0, 0.1) is 0 Å². The molecule has 0 unspecified atom stereocenters. The zero-order chi connectivity index (χ0) is 14.8. The van der Waals surface area contributed by atoms with Crippen molar-refractivity contribution < 1.29 is 18.3 Å². The monoisotopic (exact) mass is 359 g/mol. The summed E-state index contributed by atoms with van der Waals surface area (Å²) in [6.45, 7) is -0.337. The van der Waals surface area contributed by atoms with Gasteiger partial charge in [-0.1, -0.05) is 12.1 Å². The van der Waals surface area contributed by atoms with E-state index in [0.717, 1.165) is 4.68 Å². The molecule has 1 aromatic heterocycles. The maximum Gasteiger partial charge on any atom is 0.325 e. The van der Waals surface area contributed by atoms with E-state index in [1.807, 2.05) is 0 Å². The number of aliphatic carboxylic acids is 1. The molecule has 106 valence electrons. The molecule has 9 heteroatoms. The molecule has 7 nitrogen and oxygen atoms in total. The lowest BCUT2D eigenvalue weighted by Gasteiger charge is -2.07. The van der Waals surface area contributed by atoms with Crippen LogP contribution < -0.4 is 4.72 Å². The molecule has 0 amide bonds. The van der Waals surface area contributed by atoms with Crippen molar-refractivity contribution >= 4 is 37.6 Å². The molecule has 0 aliphatic heterocycles. The topological polar surface area (TPSA) is 101 Å². The van der Waals surface area contributed by atoms with Crippen LogP contribution in [0.5, 0.6) is 0 Å². The van der Waals surface area contributed by atoms with Crippen LogP contribution in [0.4, 0.5) is 5.69 Å². The Morgan fingerprint density at radius 2 is 2.10 bits per heavy atom. The smallest absolute Gasteiger partial charge is 0.325 e. The second-order valence-corrected chi connectivity index (χ2v) is 6.36. The second kappa shape index (κ2) is 5.63. The number of carbonyl (C=O) groups is 1. The maximum absolute atomic E-state index is 12.2. The van der Waals surface area contributed by atoms with Gasteiger partial charge in [-0.25, -0.2) is 8.42 Å². The molecule has 1 aromatic carbocycles. The number of hydrogen-bond donors (Lipinski definition) is 2. The van der Waals surface area contributed by atoms with E-state index in [9.17, 15) is 13.2 Å². The van der Waals surface area contributed by atoms with Crippen LogP contribution >= 0.6 is 15.9 Å². The van der Waals surface area contributed by atoms with Crippen LogP contribution in [0.15, 0.2) is 46.0 Å². The Labute approximate surface area is 123 Å². The Morgan fingerprint density at radius 3 is 2.75 bits per heavy atom. The van der Waals surface area contributed by atoms with Gasteiger partial charge in [-0.2, -0.15) is 5.10 Å². The van der Waals surface area contributed by atoms with E-state index in [4.69, 9.17) is 5.11 Å². The number of nitrogens with one attached hydrogen (secondary N) is 1. The van der Waals surface area contributed by atoms with Crippen LogP contribution in [-0.2, 0) is 21.4 Å². The van der Waals surface area contributed by atoms with E-state index in [2.05, 4.69) is 25.8 Å². The maximum atomic E-state index is 12.2. The molecule has 2 rings (SSSR count). The Morgan fingerprint density at radius 1 is 1.40 bits per heavy atom. The Balaban J connectivity index is 2.23. The van der Waals surface area contributed by atoms with Crippen LogP contribution in [0.1, 0.15) is 0 Å². The first-order valence-corrected chi connectivity index (χ1v) is 7.68. The van der Waals surface area contributed by atoms with E-state index < -0.39 is 16.0 Å². The number of carboxylic acids is 1. The highest BCUT2D eigenvalue weighted by Gasteiger charge is 2.18. The van der Waals surface area contributed by atoms with Gasteiger partial charge in [-0.15, -0.1) is 0 Å². The van der Waals surface area contributed by atoms with Gasteiger partial charge in [0.15, 0.2) is 0 Å². The highest BCUT2D eigenvalue weighted by Crippen LogP contribution is 2.23. The minimum absolute atomic E-state index is 0.0889. The van der Waals surface area contributed by atoms with Crippen molar-refractivity contribution in [3.05, 3.63) is 41.1 Å². The zero-order valence-corrected chi connectivity index (χ0v) is 12.4. The predicted molar refractivity (Wildman–Crippen MR) is 74.8 cm³/mol. The highest BCUT2D eigenvalue weighted by atomic mass is 79.9. The number of rotatable bonds is 5. The van der Waals surface area contributed by atoms with Gasteiger partial charge >= 0.3 is 5.97 Å². The number of benzene rings is 1. The highest BCUT2D eigenvalue weighted by molar-refractivity contribution is 9.10. The number of anilines is 1. The van der Waals surface area contributed by atoms with E-state index in [0.29, 0.717) is 4.47 Å². The van der Waals surface area contributed by atoms with Gasteiger partial charge in [-0.3, -0.25) is 14.2 Å². The predicted octanol–water partition coefficient (Wildman–Crippen LogP) is 1.53. The number of nitrogens with zero attached hydrogens (tertiary/aromatic N) is 2. The summed E-state index contributed by atoms with van der Waals surface area (Å²) in [5.41, 5.74) is 0.196. The third-order valence-electron chi connectivity index (χ3n) is 2.31. The number of aromatic nitrogens is 2. The lowest BCUT2D eigenvalue weighted by molar-refractivity contribution is -0.137. The first-order chi connectivity index (χ1) is 9.38. The molecule has 0 aliphatic carbocycles. The summed E-state index contributed by atoms with van der Waals surface area (Å²) in [5.74, 6) is -1.06. The average Bonchev–Trinajstić information content (AvgIpc) is 2.75. The molecule has 0 bridgehead atoms. The third kappa shape index (κ3) is 3.36. The van der Waals surface area contributed by atoms with Crippen LogP contribution in [-0.4, -0.2) is 29.3 Å². The van der Waals surface area contributed by atoms with E-state index in [1.54, 1.807) is 18.2 Å². The average molecular weight is 360 g/mol. The fourth-order valence-corrected chi connectivity index (χ4v) is 3.55. The third-order valence-corrected chi connectivity index (χ3v) is 4.70. The van der Waals surface area contributed by atoms with Crippen molar-refractivity contribution in [2.75, 3.05) is 4.72 Å². The first kappa shape index (κ1) is 14.5. The van der Waals surface area contributed by atoms with Gasteiger partial charge in [-0.05, 0) is 28.1 Å². The number of hydrogen-bond acceptors (Lipinski definition) is 4. The fraction of sp³-hybridized carbons (Fsp3) is 0.0909. The first-order valence-electron chi connectivity index (χ1n) is 5.40. The molecule has 0 saturated heterocycles. The number of halogens is 1. The Hall–Kier alpha value is -1.87. The van der Waals surface area contributed by atoms with E-state index >= 15 is 0 Å². The minimum Gasteiger partial charge on any atom is -0.480 e. The van der Waals surface area contributed by atoms with Gasteiger partial charge in [0.1, 0.15) is 11.4 Å². The van der Waals surface area contributed by atoms with Gasteiger partial charge in [0.05, 0.1) is 11.9 Å². The van der Waals surface area contributed by atoms with Crippen molar-refractivity contribution in [2.24, 2.45) is 0 Å². The minimum atomic E-state index is -3.76. The lowest BCUT2D eigenvalue weighted by atomic mass is 10.4. The molecule has 0 atom stereocenters. The van der Waals surface area contributed by atoms with Crippen LogP contribution in [0.3, 0.4) is 0 Å². The summed E-state index contributed by atoms with van der Waals surface area (Å²) in [6, 6.07) is 6.37. The quantitative estimate of drug-likeness (QED) is 0.842. The molecule has 0 fully saturated rings. The molecule has 0 saturated carbocycles. The van der Waals surface area contributed by atoms with Crippen molar-refractivity contribution in [2.45, 2.75) is 11.4 Å². The normalized spacial score (nSPS) is 11.2. The van der Waals surface area contributed by atoms with Crippen molar-refractivity contribution in [3.63, 3.8) is 0 Å². The summed E-state index contributed by atoms with van der Waals surface area (Å²) in [5, 5.41) is 12.4. The molecule has 20 heavy (non-hydrogen) atoms. The van der Waals surface area contributed by atoms with E-state index in [-0.39, 0.29) is 17.1 Å². The molecular formula is C11H10BrN3O4S. The summed E-state index contributed by atoms with van der Waals surface area (Å²) in [6.07, 6.45) is 2.56. The van der Waals surface area contributed by atoms with Crippen LogP contribution in [0.2, 0.25) is 0 Å². The molecule has 0 aliphatic rings. The summed E-state index contributed by atoms with van der Waals surface area (Å²) in [4.78, 5) is 10.6. The largest absolute Gasteiger partial charge is 0.480 e. The van der Waals surface area contributed by atoms with Gasteiger partial charge in [0, 0.05) is 10.7 Å². The van der Waals surface area contributed by atoms with Gasteiger partial charge < -0.3 is 5.11 Å². The van der Waals surface area contributed by atoms with Gasteiger partial charge in [0.25, 0.3) is 10.0 Å². The fourth-order valence-electron chi connectivity index (χ4n) is 1.51. The Kier molecular flexibility index (Phi) is 4.09. The standard InChI is InChI=1S/C11H10BrN3O4S/c12-9-3-1-2-4-10(9)20(18,19)14-8-5-13-15(6-8)7-11(16)17/h1-6,14H,7H2,(H,16,17). The van der Waals surface area contributed by atoms with Crippen molar-refractivity contribution in [3.8, 4) is 0 Å². The zero-order valence-electron chi connectivity index (χ0n) is 10.0. The number of carboxylic acid groups (broad SMARTS) is 1. The van der Waals surface area contributed by atoms with Gasteiger partial charge in [0.2, 0.25) is 0 Å². The lowest BCUT2D eigenvalue weighted by Crippen LogP contribution is -2.13. The summed E-state index contributed by atoms with van der Waals surface area (Å²) in [7, 11) is -3.76. The van der Waals surface area contributed by atoms with E-state index in [1.165, 1.54) is 18.5 Å². The number of sulfonamides is 1. The Bertz CT molecular complexity index is 742. The van der Waals surface area contributed by atoms with Crippen molar-refractivity contribution in [1.29, 1.82) is 0 Å².